The lowest BCUT2D eigenvalue weighted by molar-refractivity contribution is 0.0791. The Morgan fingerprint density at radius 1 is 1.37 bits per heavy atom. The number of carbonyl (C=O) groups excluding carboxylic acids is 1. The predicted molar refractivity (Wildman–Crippen MR) is 71.6 cm³/mol. The maximum absolute atomic E-state index is 13.5. The average Bonchev–Trinajstić information content (AvgIpc) is 2.45. The average molecular weight is 265 g/mol. The van der Waals surface area contributed by atoms with Crippen LogP contribution in [-0.4, -0.2) is 41.5 Å². The molecule has 2 rings (SSSR count). The van der Waals surface area contributed by atoms with Crippen molar-refractivity contribution in [3.05, 3.63) is 35.6 Å². The van der Waals surface area contributed by atoms with Crippen LogP contribution in [0.15, 0.2) is 24.3 Å². The number of piperidine rings is 1. The van der Waals surface area contributed by atoms with E-state index in [2.05, 4.69) is 4.90 Å². The standard InChI is InChI=1S/C15H20FNO2/c16-14-7-2-1-6-13(14)15(19)8-10-17-9-4-3-5-12(17)11-18/h1-2,6-7,12,18H,3-5,8-11H2. The largest absolute Gasteiger partial charge is 0.395 e. The van der Waals surface area contributed by atoms with Gasteiger partial charge in [0, 0.05) is 19.0 Å². The molecule has 104 valence electrons. The maximum Gasteiger partial charge on any atom is 0.167 e. The summed E-state index contributed by atoms with van der Waals surface area (Å²) in [6, 6.07) is 6.25. The van der Waals surface area contributed by atoms with Gasteiger partial charge in [-0.2, -0.15) is 0 Å². The first-order chi connectivity index (χ1) is 9.22. The van der Waals surface area contributed by atoms with E-state index >= 15 is 0 Å². The van der Waals surface area contributed by atoms with Gasteiger partial charge < -0.3 is 5.11 Å². The van der Waals surface area contributed by atoms with Crippen LogP contribution in [0.25, 0.3) is 0 Å². The van der Waals surface area contributed by atoms with Crippen LogP contribution in [0.2, 0.25) is 0 Å². The molecule has 1 aliphatic rings. The number of aliphatic hydroxyl groups is 1. The normalized spacial score (nSPS) is 20.4. The summed E-state index contributed by atoms with van der Waals surface area (Å²) in [6.07, 6.45) is 3.51. The molecule has 0 radical (unpaired) electrons. The first kappa shape index (κ1) is 14.2. The monoisotopic (exact) mass is 265 g/mol. The zero-order chi connectivity index (χ0) is 13.7. The van der Waals surface area contributed by atoms with Gasteiger partial charge in [-0.05, 0) is 31.5 Å². The molecule has 1 aromatic rings. The Morgan fingerprint density at radius 2 is 2.16 bits per heavy atom. The van der Waals surface area contributed by atoms with Gasteiger partial charge in [0.2, 0.25) is 0 Å². The zero-order valence-corrected chi connectivity index (χ0v) is 11.0. The Kier molecular flexibility index (Phi) is 5.05. The molecular formula is C15H20FNO2. The third-order valence-electron chi connectivity index (χ3n) is 3.76. The molecular weight excluding hydrogens is 245 g/mol. The van der Waals surface area contributed by atoms with Crippen LogP contribution in [0.4, 0.5) is 4.39 Å². The number of carbonyl (C=O) groups is 1. The summed E-state index contributed by atoms with van der Waals surface area (Å²) in [7, 11) is 0. The van der Waals surface area contributed by atoms with Crippen LogP contribution < -0.4 is 0 Å². The third-order valence-corrected chi connectivity index (χ3v) is 3.76. The Hall–Kier alpha value is -1.26. The van der Waals surface area contributed by atoms with Crippen molar-refractivity contribution in [2.75, 3.05) is 19.7 Å². The first-order valence-electron chi connectivity index (χ1n) is 6.85. The molecule has 1 aliphatic heterocycles. The lowest BCUT2D eigenvalue weighted by Crippen LogP contribution is -2.42. The summed E-state index contributed by atoms with van der Waals surface area (Å²) in [4.78, 5) is 14.1. The smallest absolute Gasteiger partial charge is 0.167 e. The summed E-state index contributed by atoms with van der Waals surface area (Å²) in [5.41, 5.74) is 0.167. The zero-order valence-electron chi connectivity index (χ0n) is 11.0. The second kappa shape index (κ2) is 6.78. The van der Waals surface area contributed by atoms with Gasteiger partial charge in [-0.25, -0.2) is 4.39 Å². The molecule has 0 aromatic heterocycles. The van der Waals surface area contributed by atoms with Crippen molar-refractivity contribution >= 4 is 5.78 Å². The van der Waals surface area contributed by atoms with E-state index in [-0.39, 0.29) is 24.0 Å². The van der Waals surface area contributed by atoms with E-state index in [0.29, 0.717) is 13.0 Å². The second-order valence-electron chi connectivity index (χ2n) is 5.02. The van der Waals surface area contributed by atoms with E-state index in [1.165, 1.54) is 12.1 Å². The lowest BCUT2D eigenvalue weighted by atomic mass is 10.0. The number of benzene rings is 1. The molecule has 0 amide bonds. The highest BCUT2D eigenvalue weighted by Crippen LogP contribution is 2.17. The Bertz CT molecular complexity index is 436. The van der Waals surface area contributed by atoms with Gasteiger partial charge in [-0.3, -0.25) is 9.69 Å². The first-order valence-corrected chi connectivity index (χ1v) is 6.85. The number of hydrogen-bond donors (Lipinski definition) is 1. The quantitative estimate of drug-likeness (QED) is 0.830. The molecule has 1 aromatic carbocycles. The van der Waals surface area contributed by atoms with Crippen molar-refractivity contribution in [3.63, 3.8) is 0 Å². The van der Waals surface area contributed by atoms with E-state index < -0.39 is 5.82 Å². The van der Waals surface area contributed by atoms with Gasteiger partial charge in [-0.15, -0.1) is 0 Å². The molecule has 1 atom stereocenters. The van der Waals surface area contributed by atoms with E-state index in [1.54, 1.807) is 12.1 Å². The highest BCUT2D eigenvalue weighted by atomic mass is 19.1. The summed E-state index contributed by atoms with van der Waals surface area (Å²) in [5, 5.41) is 9.30. The Labute approximate surface area is 113 Å². The van der Waals surface area contributed by atoms with Gasteiger partial charge in [0.05, 0.1) is 12.2 Å². The topological polar surface area (TPSA) is 40.5 Å². The molecule has 1 heterocycles. The Balaban J connectivity index is 1.91. The van der Waals surface area contributed by atoms with Crippen molar-refractivity contribution < 1.29 is 14.3 Å². The molecule has 4 heteroatoms. The number of rotatable bonds is 5. The van der Waals surface area contributed by atoms with Crippen molar-refractivity contribution in [3.8, 4) is 0 Å². The molecule has 1 fully saturated rings. The van der Waals surface area contributed by atoms with E-state index in [9.17, 15) is 14.3 Å². The highest BCUT2D eigenvalue weighted by molar-refractivity contribution is 5.96. The van der Waals surface area contributed by atoms with E-state index in [4.69, 9.17) is 0 Å². The van der Waals surface area contributed by atoms with Crippen LogP contribution in [0.3, 0.4) is 0 Å². The SMILES string of the molecule is O=C(CCN1CCCCC1CO)c1ccccc1F. The number of likely N-dealkylation sites (tertiary alicyclic amines) is 1. The van der Waals surface area contributed by atoms with Gasteiger partial charge in [-0.1, -0.05) is 18.6 Å². The number of ketones is 1. The van der Waals surface area contributed by atoms with Gasteiger partial charge in [0.1, 0.15) is 5.82 Å². The number of halogens is 1. The number of hydrogen-bond acceptors (Lipinski definition) is 3. The van der Waals surface area contributed by atoms with Crippen molar-refractivity contribution in [1.29, 1.82) is 0 Å². The summed E-state index contributed by atoms with van der Waals surface area (Å²) < 4.78 is 13.5. The van der Waals surface area contributed by atoms with Crippen molar-refractivity contribution in [2.45, 2.75) is 31.7 Å². The minimum absolute atomic E-state index is 0.133. The van der Waals surface area contributed by atoms with Gasteiger partial charge in [0.15, 0.2) is 5.78 Å². The summed E-state index contributed by atoms with van der Waals surface area (Å²) in [5.74, 6) is -0.620. The number of aliphatic hydroxyl groups excluding tert-OH is 1. The summed E-state index contributed by atoms with van der Waals surface area (Å²) >= 11 is 0. The molecule has 0 saturated carbocycles. The minimum Gasteiger partial charge on any atom is -0.395 e. The molecule has 0 spiro atoms. The molecule has 0 bridgehead atoms. The van der Waals surface area contributed by atoms with E-state index in [1.807, 2.05) is 0 Å². The predicted octanol–water partition coefficient (Wildman–Crippen LogP) is 2.25. The maximum atomic E-state index is 13.5. The molecule has 19 heavy (non-hydrogen) atoms. The molecule has 1 saturated heterocycles. The summed E-state index contributed by atoms with van der Waals surface area (Å²) in [6.45, 7) is 1.64. The molecule has 1 unspecified atom stereocenters. The van der Waals surface area contributed by atoms with Crippen LogP contribution in [0.5, 0.6) is 0 Å². The Morgan fingerprint density at radius 3 is 2.89 bits per heavy atom. The van der Waals surface area contributed by atoms with Crippen LogP contribution in [0.1, 0.15) is 36.0 Å². The number of nitrogens with zero attached hydrogens (tertiary/aromatic N) is 1. The lowest BCUT2D eigenvalue weighted by Gasteiger charge is -2.34. The minimum atomic E-state index is -0.454. The fourth-order valence-corrected chi connectivity index (χ4v) is 2.63. The molecule has 3 nitrogen and oxygen atoms in total. The van der Waals surface area contributed by atoms with Gasteiger partial charge in [0.25, 0.3) is 0 Å². The molecule has 1 N–H and O–H groups in total. The van der Waals surface area contributed by atoms with Crippen molar-refractivity contribution in [2.24, 2.45) is 0 Å². The van der Waals surface area contributed by atoms with Crippen LogP contribution in [-0.2, 0) is 0 Å². The fourth-order valence-electron chi connectivity index (χ4n) is 2.63. The highest BCUT2D eigenvalue weighted by Gasteiger charge is 2.22. The van der Waals surface area contributed by atoms with Crippen LogP contribution >= 0.6 is 0 Å². The second-order valence-corrected chi connectivity index (χ2v) is 5.02. The third kappa shape index (κ3) is 3.61. The van der Waals surface area contributed by atoms with Gasteiger partial charge >= 0.3 is 0 Å². The number of Topliss-reactive ketones (excluding diaryl/α,β-unsaturated/α-hetero) is 1. The molecule has 0 aliphatic carbocycles. The van der Waals surface area contributed by atoms with E-state index in [0.717, 1.165) is 25.8 Å². The fraction of sp³-hybridized carbons (Fsp3) is 0.533. The van der Waals surface area contributed by atoms with Crippen LogP contribution in [0, 0.1) is 5.82 Å². The van der Waals surface area contributed by atoms with Crippen molar-refractivity contribution in [1.82, 2.24) is 4.90 Å².